The fourth-order valence-electron chi connectivity index (χ4n) is 1.48. The fourth-order valence-corrected chi connectivity index (χ4v) is 2.10. The molecule has 0 radical (unpaired) electrons. The lowest BCUT2D eigenvalue weighted by Crippen LogP contribution is -2.03. The van der Waals surface area contributed by atoms with Gasteiger partial charge in [-0.15, -0.1) is 11.3 Å². The molecule has 17 heavy (non-hydrogen) atoms. The Morgan fingerprint density at radius 1 is 1.35 bits per heavy atom. The minimum absolute atomic E-state index is 0.0861. The summed E-state index contributed by atoms with van der Waals surface area (Å²) in [5.41, 5.74) is 0.698. The van der Waals surface area contributed by atoms with Crippen LogP contribution >= 0.6 is 11.3 Å². The van der Waals surface area contributed by atoms with E-state index in [1.165, 1.54) is 11.3 Å². The summed E-state index contributed by atoms with van der Waals surface area (Å²) in [6, 6.07) is 7.22. The van der Waals surface area contributed by atoms with Crippen LogP contribution in [-0.2, 0) is 6.42 Å². The van der Waals surface area contributed by atoms with E-state index in [0.29, 0.717) is 18.6 Å². The first-order valence-electron chi connectivity index (χ1n) is 5.44. The summed E-state index contributed by atoms with van der Waals surface area (Å²) in [5, 5.41) is 2.73. The van der Waals surface area contributed by atoms with Crippen molar-refractivity contribution >= 4 is 17.1 Å². The Balaban J connectivity index is 2.04. The molecule has 2 rings (SSSR count). The number of carbonyl (C=O) groups is 1. The van der Waals surface area contributed by atoms with Crippen molar-refractivity contribution in [2.75, 3.05) is 6.61 Å². The lowest BCUT2D eigenvalue weighted by molar-refractivity contribution is 0.0993. The summed E-state index contributed by atoms with van der Waals surface area (Å²) < 4.78 is 5.32. The molecule has 1 aromatic heterocycles. The summed E-state index contributed by atoms with van der Waals surface area (Å²) in [6.45, 7) is 2.56. The van der Waals surface area contributed by atoms with Crippen LogP contribution in [0.25, 0.3) is 0 Å². The molecule has 0 aliphatic heterocycles. The van der Waals surface area contributed by atoms with Crippen molar-refractivity contribution in [3.63, 3.8) is 0 Å². The Bertz CT molecular complexity index is 477. The zero-order valence-corrected chi connectivity index (χ0v) is 10.4. The van der Waals surface area contributed by atoms with Crippen LogP contribution in [0.1, 0.15) is 22.3 Å². The average molecular weight is 247 g/mol. The van der Waals surface area contributed by atoms with Gasteiger partial charge in [0.1, 0.15) is 10.8 Å². The maximum absolute atomic E-state index is 11.9. The lowest BCUT2D eigenvalue weighted by atomic mass is 10.1. The number of benzene rings is 1. The molecule has 1 heterocycles. The van der Waals surface area contributed by atoms with Gasteiger partial charge in [0.15, 0.2) is 5.78 Å². The Labute approximate surface area is 104 Å². The third-order valence-electron chi connectivity index (χ3n) is 2.28. The van der Waals surface area contributed by atoms with Crippen molar-refractivity contribution in [1.82, 2.24) is 4.98 Å². The molecule has 2 aromatic rings. The average Bonchev–Trinajstić information content (AvgIpc) is 2.83. The molecular formula is C13H13NO2S. The Morgan fingerprint density at radius 3 is 2.71 bits per heavy atom. The molecule has 3 nitrogen and oxygen atoms in total. The van der Waals surface area contributed by atoms with Gasteiger partial charge in [-0.2, -0.15) is 0 Å². The lowest BCUT2D eigenvalue weighted by Gasteiger charge is -2.03. The summed E-state index contributed by atoms with van der Waals surface area (Å²) >= 11 is 1.50. The zero-order chi connectivity index (χ0) is 12.1. The summed E-state index contributed by atoms with van der Waals surface area (Å²) in [6.07, 6.45) is 2.08. The predicted octanol–water partition coefficient (Wildman–Crippen LogP) is 2.97. The van der Waals surface area contributed by atoms with E-state index in [4.69, 9.17) is 4.74 Å². The third-order valence-corrected chi connectivity index (χ3v) is 3.06. The smallest absolute Gasteiger partial charge is 0.169 e. The van der Waals surface area contributed by atoms with E-state index in [0.717, 1.165) is 10.8 Å². The van der Waals surface area contributed by atoms with Gasteiger partial charge in [0.05, 0.1) is 13.0 Å². The maximum atomic E-state index is 11.9. The molecule has 4 heteroatoms. The van der Waals surface area contributed by atoms with Crippen molar-refractivity contribution in [2.45, 2.75) is 13.3 Å². The van der Waals surface area contributed by atoms with E-state index < -0.39 is 0 Å². The number of hydrogen-bond acceptors (Lipinski definition) is 4. The van der Waals surface area contributed by atoms with Gasteiger partial charge in [0, 0.05) is 17.1 Å². The van der Waals surface area contributed by atoms with Gasteiger partial charge in [-0.05, 0) is 31.2 Å². The minimum atomic E-state index is 0.0861. The number of rotatable bonds is 5. The van der Waals surface area contributed by atoms with Crippen LogP contribution in [0.3, 0.4) is 0 Å². The Morgan fingerprint density at radius 2 is 2.12 bits per heavy atom. The molecular weight excluding hydrogens is 234 g/mol. The van der Waals surface area contributed by atoms with Gasteiger partial charge in [-0.1, -0.05) is 0 Å². The standard InChI is InChI=1S/C13H13NO2S/c1-2-16-11-5-3-10(4-6-11)12(15)9-13-14-7-8-17-13/h3-8H,2,9H2,1H3. The van der Waals surface area contributed by atoms with Crippen molar-refractivity contribution in [3.05, 3.63) is 46.4 Å². The van der Waals surface area contributed by atoms with Crippen molar-refractivity contribution < 1.29 is 9.53 Å². The van der Waals surface area contributed by atoms with Crippen molar-refractivity contribution in [3.8, 4) is 5.75 Å². The number of Topliss-reactive ketones (excluding diaryl/α,β-unsaturated/α-hetero) is 1. The largest absolute Gasteiger partial charge is 0.494 e. The van der Waals surface area contributed by atoms with E-state index in [2.05, 4.69) is 4.98 Å². The second-order valence-corrected chi connectivity index (χ2v) is 4.46. The van der Waals surface area contributed by atoms with Crippen LogP contribution in [0.5, 0.6) is 5.75 Å². The molecule has 0 saturated heterocycles. The molecule has 0 bridgehead atoms. The SMILES string of the molecule is CCOc1ccc(C(=O)Cc2nccs2)cc1. The molecule has 88 valence electrons. The van der Waals surface area contributed by atoms with E-state index in [9.17, 15) is 4.79 Å². The summed E-state index contributed by atoms with van der Waals surface area (Å²) in [5.74, 6) is 0.876. The number of hydrogen-bond donors (Lipinski definition) is 0. The first kappa shape index (κ1) is 11.8. The second kappa shape index (κ2) is 5.59. The third kappa shape index (κ3) is 3.14. The van der Waals surface area contributed by atoms with Gasteiger partial charge in [-0.3, -0.25) is 4.79 Å². The first-order chi connectivity index (χ1) is 8.29. The van der Waals surface area contributed by atoms with Gasteiger partial charge >= 0.3 is 0 Å². The maximum Gasteiger partial charge on any atom is 0.169 e. The normalized spacial score (nSPS) is 10.2. The van der Waals surface area contributed by atoms with Gasteiger partial charge in [-0.25, -0.2) is 4.98 Å². The second-order valence-electron chi connectivity index (χ2n) is 3.48. The molecule has 0 saturated carbocycles. The van der Waals surface area contributed by atoms with Gasteiger partial charge in [0.2, 0.25) is 0 Å². The molecule has 0 amide bonds. The van der Waals surface area contributed by atoms with E-state index >= 15 is 0 Å². The highest BCUT2D eigenvalue weighted by Crippen LogP contribution is 2.14. The molecule has 0 aliphatic carbocycles. The predicted molar refractivity (Wildman–Crippen MR) is 67.8 cm³/mol. The number of aromatic nitrogens is 1. The van der Waals surface area contributed by atoms with Gasteiger partial charge in [0.25, 0.3) is 0 Å². The van der Waals surface area contributed by atoms with E-state index in [1.54, 1.807) is 18.3 Å². The van der Waals surface area contributed by atoms with Crippen LogP contribution in [0, 0.1) is 0 Å². The first-order valence-corrected chi connectivity index (χ1v) is 6.32. The number of nitrogens with zero attached hydrogens (tertiary/aromatic N) is 1. The summed E-state index contributed by atoms with van der Waals surface area (Å²) in [4.78, 5) is 16.0. The van der Waals surface area contributed by atoms with E-state index in [1.807, 2.05) is 24.4 Å². The monoisotopic (exact) mass is 247 g/mol. The molecule has 0 spiro atoms. The molecule has 0 atom stereocenters. The Hall–Kier alpha value is -1.68. The van der Waals surface area contributed by atoms with Crippen molar-refractivity contribution in [1.29, 1.82) is 0 Å². The topological polar surface area (TPSA) is 39.2 Å². The van der Waals surface area contributed by atoms with Crippen LogP contribution in [0.15, 0.2) is 35.8 Å². The minimum Gasteiger partial charge on any atom is -0.494 e. The quantitative estimate of drug-likeness (QED) is 0.762. The number of thiazole rings is 1. The highest BCUT2D eigenvalue weighted by Gasteiger charge is 2.08. The summed E-state index contributed by atoms with van der Waals surface area (Å²) in [7, 11) is 0. The van der Waals surface area contributed by atoms with Crippen molar-refractivity contribution in [2.24, 2.45) is 0 Å². The highest BCUT2D eigenvalue weighted by molar-refractivity contribution is 7.09. The Kier molecular flexibility index (Phi) is 3.88. The molecule has 0 unspecified atom stereocenters. The number of ether oxygens (including phenoxy) is 1. The number of ketones is 1. The number of carbonyl (C=O) groups excluding carboxylic acids is 1. The molecule has 1 aromatic carbocycles. The molecule has 0 aliphatic rings. The molecule has 0 fully saturated rings. The fraction of sp³-hybridized carbons (Fsp3) is 0.231. The van der Waals surface area contributed by atoms with Crippen LogP contribution in [-0.4, -0.2) is 17.4 Å². The van der Waals surface area contributed by atoms with E-state index in [-0.39, 0.29) is 5.78 Å². The molecule has 0 N–H and O–H groups in total. The zero-order valence-electron chi connectivity index (χ0n) is 9.55. The van der Waals surface area contributed by atoms with Gasteiger partial charge < -0.3 is 4.74 Å². The van der Waals surface area contributed by atoms with Crippen LogP contribution in [0.4, 0.5) is 0 Å². The highest BCUT2D eigenvalue weighted by atomic mass is 32.1. The van der Waals surface area contributed by atoms with Crippen LogP contribution < -0.4 is 4.74 Å². The van der Waals surface area contributed by atoms with Crippen LogP contribution in [0.2, 0.25) is 0 Å².